The van der Waals surface area contributed by atoms with Crippen LogP contribution in [0.4, 0.5) is 0 Å². The maximum atomic E-state index is 12.4. The second kappa shape index (κ2) is 7.75. The topological polar surface area (TPSA) is 65.5 Å². The summed E-state index contributed by atoms with van der Waals surface area (Å²) in [5.41, 5.74) is 0.672. The van der Waals surface area contributed by atoms with E-state index in [9.17, 15) is 9.59 Å². The minimum atomic E-state index is -0.135. The van der Waals surface area contributed by atoms with Crippen LogP contribution in [0, 0.1) is 0 Å². The van der Waals surface area contributed by atoms with E-state index in [4.69, 9.17) is 0 Å². The quantitative estimate of drug-likeness (QED) is 0.903. The van der Waals surface area contributed by atoms with Crippen LogP contribution in [-0.2, 0) is 4.79 Å². The number of carbonyl (C=O) groups excluding carboxylic acids is 2. The smallest absolute Gasteiger partial charge is 0.254 e. The van der Waals surface area contributed by atoms with Gasteiger partial charge in [0.1, 0.15) is 0 Å². The van der Waals surface area contributed by atoms with Crippen molar-refractivity contribution in [1.82, 2.24) is 20.1 Å². The summed E-state index contributed by atoms with van der Waals surface area (Å²) < 4.78 is 0. The van der Waals surface area contributed by atoms with E-state index in [1.807, 2.05) is 11.8 Å². The highest BCUT2D eigenvalue weighted by Crippen LogP contribution is 2.18. The van der Waals surface area contributed by atoms with Crippen LogP contribution in [0.5, 0.6) is 0 Å². The molecule has 1 N–H and O–H groups in total. The highest BCUT2D eigenvalue weighted by atomic mass is 16.2. The van der Waals surface area contributed by atoms with Crippen molar-refractivity contribution < 1.29 is 9.59 Å². The molecule has 0 spiro atoms. The lowest BCUT2D eigenvalue weighted by Crippen LogP contribution is -2.55. The number of pyridine rings is 1. The molecular weight excluding hydrogens is 304 g/mol. The summed E-state index contributed by atoms with van der Waals surface area (Å²) in [5, 5.41) is 3.17. The molecule has 0 aromatic carbocycles. The second-order valence-corrected chi connectivity index (χ2v) is 6.73. The number of nitrogens with zero attached hydrogens (tertiary/aromatic N) is 3. The molecule has 24 heavy (non-hydrogen) atoms. The van der Waals surface area contributed by atoms with Crippen molar-refractivity contribution in [2.45, 2.75) is 44.7 Å². The molecule has 3 rings (SSSR count). The molecule has 1 atom stereocenters. The predicted octanol–water partition coefficient (Wildman–Crippen LogP) is 1.29. The van der Waals surface area contributed by atoms with E-state index in [2.05, 4.69) is 15.2 Å². The maximum absolute atomic E-state index is 12.4. The molecule has 6 nitrogen and oxygen atoms in total. The van der Waals surface area contributed by atoms with E-state index < -0.39 is 0 Å². The molecule has 1 aromatic rings. The average molecular weight is 330 g/mol. The van der Waals surface area contributed by atoms with Crippen LogP contribution in [0.3, 0.4) is 0 Å². The predicted molar refractivity (Wildman–Crippen MR) is 91.6 cm³/mol. The minimum Gasteiger partial charge on any atom is -0.352 e. The molecule has 1 aliphatic carbocycles. The number of hydrogen-bond donors (Lipinski definition) is 1. The van der Waals surface area contributed by atoms with Crippen LogP contribution in [0.25, 0.3) is 0 Å². The van der Waals surface area contributed by atoms with Crippen LogP contribution in [-0.4, -0.2) is 64.9 Å². The first-order chi connectivity index (χ1) is 11.6. The summed E-state index contributed by atoms with van der Waals surface area (Å²) in [7, 11) is 0. The van der Waals surface area contributed by atoms with Crippen molar-refractivity contribution in [1.29, 1.82) is 0 Å². The molecule has 2 heterocycles. The van der Waals surface area contributed by atoms with Crippen molar-refractivity contribution >= 4 is 11.8 Å². The summed E-state index contributed by atoms with van der Waals surface area (Å²) in [6.07, 6.45) is 7.92. The van der Waals surface area contributed by atoms with E-state index >= 15 is 0 Å². The Hall–Kier alpha value is -1.95. The number of carbonyl (C=O) groups is 2. The van der Waals surface area contributed by atoms with Gasteiger partial charge in [0.25, 0.3) is 5.91 Å². The van der Waals surface area contributed by atoms with Crippen LogP contribution >= 0.6 is 0 Å². The molecule has 130 valence electrons. The summed E-state index contributed by atoms with van der Waals surface area (Å²) in [6, 6.07) is 3.71. The van der Waals surface area contributed by atoms with E-state index in [-0.39, 0.29) is 17.9 Å². The molecular formula is C18H26N4O2. The van der Waals surface area contributed by atoms with Crippen molar-refractivity contribution in [3.8, 4) is 0 Å². The van der Waals surface area contributed by atoms with Gasteiger partial charge in [0, 0.05) is 50.2 Å². The fourth-order valence-corrected chi connectivity index (χ4v) is 3.55. The van der Waals surface area contributed by atoms with Crippen LogP contribution in [0.15, 0.2) is 24.5 Å². The number of aromatic nitrogens is 1. The van der Waals surface area contributed by atoms with Gasteiger partial charge in [-0.1, -0.05) is 12.8 Å². The molecule has 0 bridgehead atoms. The van der Waals surface area contributed by atoms with Gasteiger partial charge in [0.15, 0.2) is 0 Å². The highest BCUT2D eigenvalue weighted by Gasteiger charge is 2.29. The number of nitrogens with one attached hydrogen (secondary N) is 1. The van der Waals surface area contributed by atoms with E-state index in [1.54, 1.807) is 24.5 Å². The Kier molecular flexibility index (Phi) is 5.45. The number of rotatable bonds is 4. The molecule has 1 saturated carbocycles. The Balaban J connectivity index is 1.49. The van der Waals surface area contributed by atoms with E-state index in [0.29, 0.717) is 24.7 Å². The Labute approximate surface area is 143 Å². The van der Waals surface area contributed by atoms with Crippen LogP contribution in [0.2, 0.25) is 0 Å². The fraction of sp³-hybridized carbons (Fsp3) is 0.611. The Morgan fingerprint density at radius 1 is 1.12 bits per heavy atom. The van der Waals surface area contributed by atoms with Crippen LogP contribution in [0.1, 0.15) is 43.0 Å². The lowest BCUT2D eigenvalue weighted by Gasteiger charge is -2.37. The molecule has 2 aliphatic rings. The summed E-state index contributed by atoms with van der Waals surface area (Å²) in [6.45, 7) is 4.74. The third kappa shape index (κ3) is 3.93. The highest BCUT2D eigenvalue weighted by molar-refractivity contribution is 5.94. The summed E-state index contributed by atoms with van der Waals surface area (Å²) in [5.74, 6) is 0.163. The number of hydrogen-bond acceptors (Lipinski definition) is 4. The van der Waals surface area contributed by atoms with Gasteiger partial charge in [-0.2, -0.15) is 0 Å². The minimum absolute atomic E-state index is 0.0418. The van der Waals surface area contributed by atoms with Gasteiger partial charge >= 0.3 is 0 Å². The number of piperazine rings is 1. The van der Waals surface area contributed by atoms with Crippen molar-refractivity contribution in [3.05, 3.63) is 30.1 Å². The second-order valence-electron chi connectivity index (χ2n) is 6.73. The normalized spacial score (nSPS) is 20.8. The zero-order chi connectivity index (χ0) is 16.9. The largest absolute Gasteiger partial charge is 0.352 e. The maximum Gasteiger partial charge on any atom is 0.254 e. The first kappa shape index (κ1) is 16.9. The average Bonchev–Trinajstić information content (AvgIpc) is 3.14. The summed E-state index contributed by atoms with van der Waals surface area (Å²) in [4.78, 5) is 32.8. The molecule has 6 heteroatoms. The SMILES string of the molecule is CC(C(=O)NC1CCCC1)N1CCN(C(=O)c2ccncc2)CC1. The third-order valence-electron chi connectivity index (χ3n) is 5.16. The fourth-order valence-electron chi connectivity index (χ4n) is 3.55. The Morgan fingerprint density at radius 3 is 2.38 bits per heavy atom. The van der Waals surface area contributed by atoms with Crippen molar-refractivity contribution in [2.75, 3.05) is 26.2 Å². The van der Waals surface area contributed by atoms with Gasteiger partial charge in [0.2, 0.25) is 5.91 Å². The Morgan fingerprint density at radius 2 is 1.75 bits per heavy atom. The van der Waals surface area contributed by atoms with Crippen molar-refractivity contribution in [2.24, 2.45) is 0 Å². The lowest BCUT2D eigenvalue weighted by molar-refractivity contribution is -0.127. The van der Waals surface area contributed by atoms with E-state index in [0.717, 1.165) is 25.9 Å². The molecule has 1 aliphatic heterocycles. The van der Waals surface area contributed by atoms with Gasteiger partial charge in [-0.15, -0.1) is 0 Å². The van der Waals surface area contributed by atoms with Gasteiger partial charge in [-0.25, -0.2) is 0 Å². The zero-order valence-corrected chi connectivity index (χ0v) is 14.3. The van der Waals surface area contributed by atoms with E-state index in [1.165, 1.54) is 12.8 Å². The third-order valence-corrected chi connectivity index (χ3v) is 5.16. The monoisotopic (exact) mass is 330 g/mol. The molecule has 0 radical (unpaired) electrons. The zero-order valence-electron chi connectivity index (χ0n) is 14.3. The first-order valence-corrected chi connectivity index (χ1v) is 8.89. The van der Waals surface area contributed by atoms with Crippen molar-refractivity contribution in [3.63, 3.8) is 0 Å². The Bertz CT molecular complexity index is 564. The molecule has 1 aromatic heterocycles. The van der Waals surface area contributed by atoms with Gasteiger partial charge in [-0.05, 0) is 31.9 Å². The van der Waals surface area contributed by atoms with Gasteiger partial charge in [-0.3, -0.25) is 19.5 Å². The molecule has 1 unspecified atom stereocenters. The molecule has 2 amide bonds. The van der Waals surface area contributed by atoms with Crippen LogP contribution < -0.4 is 5.32 Å². The molecule has 2 fully saturated rings. The molecule has 1 saturated heterocycles. The standard InChI is InChI=1S/C18H26N4O2/c1-14(17(23)20-16-4-2-3-5-16)21-10-12-22(13-11-21)18(24)15-6-8-19-9-7-15/h6-9,14,16H,2-5,10-13H2,1H3,(H,20,23). The van der Waals surface area contributed by atoms with Gasteiger partial charge < -0.3 is 10.2 Å². The van der Waals surface area contributed by atoms with Gasteiger partial charge in [0.05, 0.1) is 6.04 Å². The first-order valence-electron chi connectivity index (χ1n) is 8.89. The summed E-state index contributed by atoms with van der Waals surface area (Å²) >= 11 is 0. The lowest BCUT2D eigenvalue weighted by atomic mass is 10.1. The number of amides is 2.